The molecule has 3 amide bonds. The molecule has 12 heteroatoms. The van der Waals surface area contributed by atoms with Gasteiger partial charge in [-0.25, -0.2) is 9.78 Å². The van der Waals surface area contributed by atoms with E-state index in [9.17, 15) is 19.2 Å². The van der Waals surface area contributed by atoms with Gasteiger partial charge in [0.25, 0.3) is 5.91 Å². The van der Waals surface area contributed by atoms with Crippen LogP contribution in [-0.4, -0.2) is 98.3 Å². The minimum Gasteiger partial charge on any atom is -0.494 e. The fraction of sp³-hybridized carbons (Fsp3) is 0.500. The van der Waals surface area contributed by atoms with Gasteiger partial charge in [-0.3, -0.25) is 14.4 Å². The van der Waals surface area contributed by atoms with Gasteiger partial charge in [-0.1, -0.05) is 18.2 Å². The monoisotopic (exact) mass is 528 g/mol. The summed E-state index contributed by atoms with van der Waals surface area (Å²) in [5.74, 6) is -1.19. The van der Waals surface area contributed by atoms with Crippen molar-refractivity contribution in [3.8, 4) is 5.75 Å². The Morgan fingerprint density at radius 2 is 1.79 bits per heavy atom. The summed E-state index contributed by atoms with van der Waals surface area (Å²) in [6, 6.07) is 6.36. The number of benzene rings is 1. The van der Waals surface area contributed by atoms with Crippen LogP contribution in [0.15, 0.2) is 24.3 Å². The largest absolute Gasteiger partial charge is 0.494 e. The van der Waals surface area contributed by atoms with Crippen molar-refractivity contribution in [1.29, 1.82) is 0 Å². The number of fused-ring (bicyclic) bond motifs is 1. The Hall–Kier alpha value is -3.93. The number of nitrogens with zero attached hydrogens (tertiary/aromatic N) is 3. The number of carbonyl (C=O) groups is 4. The van der Waals surface area contributed by atoms with Crippen molar-refractivity contribution >= 4 is 34.8 Å². The quantitative estimate of drug-likeness (QED) is 0.380. The van der Waals surface area contributed by atoms with Gasteiger partial charge >= 0.3 is 12.1 Å². The highest BCUT2D eigenvalue weighted by Crippen LogP contribution is 2.42. The summed E-state index contributed by atoms with van der Waals surface area (Å²) in [4.78, 5) is 58.5. The number of rotatable bonds is 9. The van der Waals surface area contributed by atoms with Crippen molar-refractivity contribution < 1.29 is 38.1 Å². The van der Waals surface area contributed by atoms with Gasteiger partial charge in [0, 0.05) is 43.5 Å². The highest BCUT2D eigenvalue weighted by atomic mass is 16.6. The van der Waals surface area contributed by atoms with Gasteiger partial charge in [-0.2, -0.15) is 0 Å². The summed E-state index contributed by atoms with van der Waals surface area (Å²) >= 11 is 0. The number of hydrogen-bond acceptors (Lipinski definition) is 9. The molecule has 0 aliphatic carbocycles. The van der Waals surface area contributed by atoms with Crippen molar-refractivity contribution in [2.45, 2.75) is 31.9 Å². The molecule has 2 saturated heterocycles. The molecule has 2 unspecified atom stereocenters. The van der Waals surface area contributed by atoms with Crippen LogP contribution in [0.1, 0.15) is 41.9 Å². The number of esters is 1. The predicted molar refractivity (Wildman–Crippen MR) is 135 cm³/mol. The lowest BCUT2D eigenvalue weighted by Gasteiger charge is -2.36. The maximum absolute atomic E-state index is 13.5. The molecule has 3 heterocycles. The Kier molecular flexibility index (Phi) is 8.62. The molecule has 1 N–H and O–H groups in total. The first-order valence-electron chi connectivity index (χ1n) is 12.5. The maximum Gasteiger partial charge on any atom is 0.409 e. The van der Waals surface area contributed by atoms with Crippen molar-refractivity contribution in [2.75, 3.05) is 53.6 Å². The molecule has 4 rings (SSSR count). The van der Waals surface area contributed by atoms with Crippen LogP contribution >= 0.6 is 0 Å². The van der Waals surface area contributed by atoms with Gasteiger partial charge in [0.05, 0.1) is 33.0 Å². The number of hydrogen-bond donors (Lipinski definition) is 1. The first-order chi connectivity index (χ1) is 18.4. The predicted octanol–water partition coefficient (Wildman–Crippen LogP) is 1.67. The van der Waals surface area contributed by atoms with Crippen LogP contribution in [0.4, 0.5) is 4.79 Å². The first-order valence-corrected chi connectivity index (χ1v) is 12.5. The smallest absolute Gasteiger partial charge is 0.409 e. The molecule has 2 aromatic rings. The molecule has 204 valence electrons. The Morgan fingerprint density at radius 1 is 1.11 bits per heavy atom. The number of aromatic nitrogens is 1. The second-order valence-electron chi connectivity index (χ2n) is 8.90. The van der Waals surface area contributed by atoms with Crippen LogP contribution < -0.4 is 10.1 Å². The second-order valence-corrected chi connectivity index (χ2v) is 8.90. The Balaban J connectivity index is 1.56. The molecule has 2 aliphatic heterocycles. The van der Waals surface area contributed by atoms with Crippen LogP contribution in [0.5, 0.6) is 5.75 Å². The zero-order valence-corrected chi connectivity index (χ0v) is 21.7. The molecule has 0 radical (unpaired) electrons. The summed E-state index contributed by atoms with van der Waals surface area (Å²) in [7, 11) is 2.72. The number of para-hydroxylation sites is 1. The number of pyridine rings is 1. The molecule has 0 bridgehead atoms. The number of nitrogens with one attached hydrogen (secondary N) is 1. The van der Waals surface area contributed by atoms with E-state index in [0.29, 0.717) is 25.2 Å². The number of epoxide rings is 1. The summed E-state index contributed by atoms with van der Waals surface area (Å²) in [6.07, 6.45) is -0.680. The average molecular weight is 529 g/mol. The highest BCUT2D eigenvalue weighted by Gasteiger charge is 2.36. The van der Waals surface area contributed by atoms with Crippen LogP contribution in [0.3, 0.4) is 0 Å². The third kappa shape index (κ3) is 5.96. The van der Waals surface area contributed by atoms with Crippen molar-refractivity contribution in [1.82, 2.24) is 20.1 Å². The number of methoxy groups -OCH3 is 2. The van der Waals surface area contributed by atoms with E-state index in [1.54, 1.807) is 17.9 Å². The van der Waals surface area contributed by atoms with Gasteiger partial charge in [-0.05, 0) is 19.4 Å². The van der Waals surface area contributed by atoms with Gasteiger partial charge < -0.3 is 34.1 Å². The highest BCUT2D eigenvalue weighted by molar-refractivity contribution is 6.01. The summed E-state index contributed by atoms with van der Waals surface area (Å²) in [5.41, 5.74) is 1.35. The van der Waals surface area contributed by atoms with E-state index in [1.807, 2.05) is 18.2 Å². The van der Waals surface area contributed by atoms with E-state index < -0.39 is 24.0 Å². The molecule has 0 saturated carbocycles. The number of ether oxygens (including phenoxy) is 4. The molecule has 38 heavy (non-hydrogen) atoms. The van der Waals surface area contributed by atoms with Gasteiger partial charge in [0.1, 0.15) is 12.1 Å². The fourth-order valence-corrected chi connectivity index (χ4v) is 4.51. The molecule has 1 aromatic carbocycles. The van der Waals surface area contributed by atoms with E-state index in [2.05, 4.69) is 10.3 Å². The third-order valence-corrected chi connectivity index (χ3v) is 6.55. The van der Waals surface area contributed by atoms with Gasteiger partial charge in [-0.15, -0.1) is 0 Å². The fourth-order valence-electron chi connectivity index (χ4n) is 4.51. The maximum atomic E-state index is 13.5. The molecule has 0 spiro atoms. The zero-order chi connectivity index (χ0) is 27.2. The number of piperazine rings is 1. The van der Waals surface area contributed by atoms with E-state index in [1.165, 1.54) is 19.1 Å². The van der Waals surface area contributed by atoms with Crippen LogP contribution in [0, 0.1) is 0 Å². The summed E-state index contributed by atoms with van der Waals surface area (Å²) < 4.78 is 20.9. The Morgan fingerprint density at radius 3 is 2.42 bits per heavy atom. The van der Waals surface area contributed by atoms with E-state index in [4.69, 9.17) is 18.9 Å². The molecule has 2 fully saturated rings. The SMILES string of the molecule is CCOC(=O)N1CCN(C(=O)C(CCC(=O)OC)NC(=O)c2nc3ccccc3c(C3CO3)c2OC)CC1. The standard InChI is InChI=1S/C26H32N4O8/c1-4-37-26(34)30-13-11-29(12-14-30)25(33)18(9-10-20(31)35-2)28-24(32)22-23(36-3)21(19-15-38-19)16-7-5-6-8-17(16)27-22/h5-8,18-19H,4,9-15H2,1-3H3,(H,28,32). The van der Waals surface area contributed by atoms with Crippen molar-refractivity contribution in [3.63, 3.8) is 0 Å². The topological polar surface area (TPSA) is 140 Å². The molecule has 2 atom stereocenters. The lowest BCUT2D eigenvalue weighted by molar-refractivity contribution is -0.141. The van der Waals surface area contributed by atoms with Crippen LogP contribution in [-0.2, 0) is 23.8 Å². The molecule has 1 aromatic heterocycles. The van der Waals surface area contributed by atoms with Crippen molar-refractivity contribution in [3.05, 3.63) is 35.5 Å². The Bertz CT molecular complexity index is 1210. The molecular weight excluding hydrogens is 496 g/mol. The zero-order valence-electron chi connectivity index (χ0n) is 21.7. The first kappa shape index (κ1) is 27.1. The summed E-state index contributed by atoms with van der Waals surface area (Å²) in [6.45, 7) is 3.63. The number of amides is 3. The van der Waals surface area contributed by atoms with Crippen LogP contribution in [0.2, 0.25) is 0 Å². The van der Waals surface area contributed by atoms with Crippen LogP contribution in [0.25, 0.3) is 10.9 Å². The molecule has 2 aliphatic rings. The number of carbonyl (C=O) groups excluding carboxylic acids is 4. The van der Waals surface area contributed by atoms with Crippen molar-refractivity contribution in [2.24, 2.45) is 0 Å². The van der Waals surface area contributed by atoms with E-state index >= 15 is 0 Å². The molecular formula is C26H32N4O8. The minimum atomic E-state index is -1.02. The lowest BCUT2D eigenvalue weighted by Crippen LogP contribution is -2.56. The third-order valence-electron chi connectivity index (χ3n) is 6.55. The lowest BCUT2D eigenvalue weighted by atomic mass is 10.0. The van der Waals surface area contributed by atoms with E-state index in [-0.39, 0.29) is 56.0 Å². The minimum absolute atomic E-state index is 0.0275. The van der Waals surface area contributed by atoms with Gasteiger partial charge in [0.15, 0.2) is 11.4 Å². The second kappa shape index (κ2) is 12.1. The normalized spacial score (nSPS) is 17.5. The van der Waals surface area contributed by atoms with Gasteiger partial charge in [0.2, 0.25) is 5.91 Å². The summed E-state index contributed by atoms with van der Waals surface area (Å²) in [5, 5.41) is 3.58. The van der Waals surface area contributed by atoms with E-state index in [0.717, 1.165) is 10.9 Å². The average Bonchev–Trinajstić information content (AvgIpc) is 3.79. The Labute approximate surface area is 220 Å². The molecule has 12 nitrogen and oxygen atoms in total.